The Bertz CT molecular complexity index is 631. The van der Waals surface area contributed by atoms with Crippen molar-refractivity contribution in [3.05, 3.63) is 66.2 Å². The quantitative estimate of drug-likeness (QED) is 0.487. The number of hydrogen-bond donors (Lipinski definition) is 1. The van der Waals surface area contributed by atoms with Crippen molar-refractivity contribution < 1.29 is 4.79 Å². The van der Waals surface area contributed by atoms with E-state index >= 15 is 0 Å². The van der Waals surface area contributed by atoms with Gasteiger partial charge in [0.15, 0.2) is 0 Å². The van der Waals surface area contributed by atoms with E-state index in [2.05, 4.69) is 42.1 Å². The van der Waals surface area contributed by atoms with E-state index in [0.717, 1.165) is 11.3 Å². The fourth-order valence-corrected chi connectivity index (χ4v) is 4.26. The Kier molecular flexibility index (Phi) is 5.31. The SMILES string of the molecule is C[Si](C)(C)C(N=C=O)C(Nc1ccccc1)c1ccccc1. The minimum Gasteiger partial charge on any atom is -0.376 e. The zero-order chi connectivity index (χ0) is 16.0. The molecule has 2 aromatic rings. The molecule has 0 amide bonds. The van der Waals surface area contributed by atoms with Gasteiger partial charge in [0.05, 0.1) is 19.8 Å². The molecule has 1 N–H and O–H groups in total. The van der Waals surface area contributed by atoms with Gasteiger partial charge in [-0.05, 0) is 17.7 Å². The van der Waals surface area contributed by atoms with Crippen molar-refractivity contribution in [3.63, 3.8) is 0 Å². The summed E-state index contributed by atoms with van der Waals surface area (Å²) in [5.41, 5.74) is 2.09. The molecule has 0 saturated carbocycles. The van der Waals surface area contributed by atoms with Crippen LogP contribution in [0.4, 0.5) is 5.69 Å². The van der Waals surface area contributed by atoms with Crippen molar-refractivity contribution in [1.82, 2.24) is 0 Å². The third-order valence-corrected chi connectivity index (χ3v) is 5.89. The Hall–Kier alpha value is -2.16. The summed E-state index contributed by atoms with van der Waals surface area (Å²) in [6.45, 7) is 6.67. The molecule has 2 aromatic carbocycles. The largest absolute Gasteiger partial charge is 0.376 e. The summed E-state index contributed by atoms with van der Waals surface area (Å²) in [4.78, 5) is 15.1. The van der Waals surface area contributed by atoms with Crippen LogP contribution in [-0.4, -0.2) is 19.8 Å². The van der Waals surface area contributed by atoms with Gasteiger partial charge in [-0.15, -0.1) is 0 Å². The maximum atomic E-state index is 11.0. The summed E-state index contributed by atoms with van der Waals surface area (Å²) in [5.74, 6) is 0. The first-order valence-corrected chi connectivity index (χ1v) is 11.0. The Balaban J connectivity index is 2.42. The molecule has 0 aliphatic rings. The molecule has 0 bridgehead atoms. The molecule has 0 aromatic heterocycles. The summed E-state index contributed by atoms with van der Waals surface area (Å²) in [5, 5.41) is 3.55. The monoisotopic (exact) mass is 310 g/mol. The minimum atomic E-state index is -1.70. The summed E-state index contributed by atoms with van der Waals surface area (Å²) < 4.78 is 0. The Labute approximate surface area is 133 Å². The first-order chi connectivity index (χ1) is 10.5. The Morgan fingerprint density at radius 3 is 2.00 bits per heavy atom. The van der Waals surface area contributed by atoms with Crippen LogP contribution >= 0.6 is 0 Å². The molecule has 2 atom stereocenters. The van der Waals surface area contributed by atoms with Gasteiger partial charge in [0.2, 0.25) is 6.08 Å². The van der Waals surface area contributed by atoms with E-state index in [4.69, 9.17) is 0 Å². The fourth-order valence-electron chi connectivity index (χ4n) is 2.54. The fraction of sp³-hybridized carbons (Fsp3) is 0.278. The van der Waals surface area contributed by atoms with E-state index in [9.17, 15) is 4.79 Å². The number of rotatable bonds is 6. The molecule has 3 nitrogen and oxygen atoms in total. The highest BCUT2D eigenvalue weighted by Crippen LogP contribution is 2.30. The van der Waals surface area contributed by atoms with E-state index in [-0.39, 0.29) is 11.7 Å². The molecule has 0 heterocycles. The van der Waals surface area contributed by atoms with Crippen molar-refractivity contribution in [2.45, 2.75) is 31.3 Å². The zero-order valence-electron chi connectivity index (χ0n) is 13.3. The van der Waals surface area contributed by atoms with Gasteiger partial charge in [0.25, 0.3) is 0 Å². The normalized spacial score (nSPS) is 13.8. The second-order valence-electron chi connectivity index (χ2n) is 6.43. The number of anilines is 1. The molecule has 0 spiro atoms. The van der Waals surface area contributed by atoms with Crippen LogP contribution in [0.2, 0.25) is 19.6 Å². The van der Waals surface area contributed by atoms with Gasteiger partial charge in [0.1, 0.15) is 0 Å². The number of nitrogens with one attached hydrogen (secondary N) is 1. The first kappa shape index (κ1) is 16.2. The number of aliphatic imine (C=N–C) groups is 1. The van der Waals surface area contributed by atoms with Crippen molar-refractivity contribution in [3.8, 4) is 0 Å². The molecule has 114 valence electrons. The standard InChI is InChI=1S/C18H22N2OSi/c1-22(2,3)18(19-14-21)17(15-10-6-4-7-11-15)20-16-12-8-5-9-13-16/h4-13,17-18,20H,1-3H3. The van der Waals surface area contributed by atoms with Crippen molar-refractivity contribution in [1.29, 1.82) is 0 Å². The number of hydrogen-bond acceptors (Lipinski definition) is 3. The van der Waals surface area contributed by atoms with Crippen molar-refractivity contribution in [2.75, 3.05) is 5.32 Å². The van der Waals surface area contributed by atoms with Crippen molar-refractivity contribution >= 4 is 19.8 Å². The van der Waals surface area contributed by atoms with E-state index in [1.165, 1.54) is 0 Å². The lowest BCUT2D eigenvalue weighted by Gasteiger charge is -2.33. The van der Waals surface area contributed by atoms with Gasteiger partial charge >= 0.3 is 0 Å². The van der Waals surface area contributed by atoms with Crippen LogP contribution in [0.15, 0.2) is 65.7 Å². The molecule has 2 rings (SSSR count). The van der Waals surface area contributed by atoms with Gasteiger partial charge in [-0.3, -0.25) is 0 Å². The van der Waals surface area contributed by atoms with E-state index in [1.54, 1.807) is 6.08 Å². The van der Waals surface area contributed by atoms with Crippen molar-refractivity contribution in [2.24, 2.45) is 4.99 Å². The highest BCUT2D eigenvalue weighted by Gasteiger charge is 2.34. The van der Waals surface area contributed by atoms with E-state index in [1.807, 2.05) is 48.5 Å². The van der Waals surface area contributed by atoms with Crippen LogP contribution in [-0.2, 0) is 4.79 Å². The van der Waals surface area contributed by atoms with Gasteiger partial charge in [-0.2, -0.15) is 0 Å². The predicted octanol–water partition coefficient (Wildman–Crippen LogP) is 4.42. The average Bonchev–Trinajstić information content (AvgIpc) is 2.51. The summed E-state index contributed by atoms with van der Waals surface area (Å²) >= 11 is 0. The Morgan fingerprint density at radius 2 is 1.50 bits per heavy atom. The second-order valence-corrected chi connectivity index (χ2v) is 11.8. The maximum Gasteiger partial charge on any atom is 0.234 e. The predicted molar refractivity (Wildman–Crippen MR) is 94.5 cm³/mol. The summed E-state index contributed by atoms with van der Waals surface area (Å²) in [6, 6.07) is 20.2. The van der Waals surface area contributed by atoms with Crippen LogP contribution in [0, 0.1) is 0 Å². The molecular formula is C18H22N2OSi. The third kappa shape index (κ3) is 4.17. The second kappa shape index (κ2) is 7.21. The number of nitrogens with zero attached hydrogens (tertiary/aromatic N) is 1. The van der Waals surface area contributed by atoms with Crippen LogP contribution < -0.4 is 5.32 Å². The van der Waals surface area contributed by atoms with Gasteiger partial charge in [-0.25, -0.2) is 9.79 Å². The van der Waals surface area contributed by atoms with Gasteiger partial charge < -0.3 is 5.32 Å². The van der Waals surface area contributed by atoms with E-state index in [0.29, 0.717) is 0 Å². The van der Waals surface area contributed by atoms with Crippen LogP contribution in [0.25, 0.3) is 0 Å². The molecule has 0 saturated heterocycles. The number of para-hydroxylation sites is 1. The minimum absolute atomic E-state index is 0.0308. The summed E-state index contributed by atoms with van der Waals surface area (Å²) in [6.07, 6.45) is 1.78. The van der Waals surface area contributed by atoms with Gasteiger partial charge in [0, 0.05) is 5.69 Å². The van der Waals surface area contributed by atoms with Gasteiger partial charge in [-0.1, -0.05) is 68.2 Å². The molecule has 22 heavy (non-hydrogen) atoms. The smallest absolute Gasteiger partial charge is 0.234 e. The molecule has 0 fully saturated rings. The topological polar surface area (TPSA) is 41.5 Å². The summed E-state index contributed by atoms with van der Waals surface area (Å²) in [7, 11) is -1.70. The molecule has 0 aliphatic carbocycles. The van der Waals surface area contributed by atoms with Crippen LogP contribution in [0.5, 0.6) is 0 Å². The lowest BCUT2D eigenvalue weighted by molar-refractivity contribution is 0.558. The molecule has 4 heteroatoms. The zero-order valence-corrected chi connectivity index (χ0v) is 14.3. The third-order valence-electron chi connectivity index (χ3n) is 3.65. The highest BCUT2D eigenvalue weighted by atomic mass is 28.3. The lowest BCUT2D eigenvalue weighted by atomic mass is 10.1. The molecule has 0 aliphatic heterocycles. The number of carbonyl (C=O) groups excluding carboxylic acids is 1. The number of benzene rings is 2. The highest BCUT2D eigenvalue weighted by molar-refractivity contribution is 6.78. The molecule has 2 unspecified atom stereocenters. The molecular weight excluding hydrogens is 288 g/mol. The number of isocyanates is 1. The molecule has 0 radical (unpaired) electrons. The Morgan fingerprint density at radius 1 is 0.955 bits per heavy atom. The first-order valence-electron chi connectivity index (χ1n) is 7.46. The maximum absolute atomic E-state index is 11.0. The van der Waals surface area contributed by atoms with Crippen LogP contribution in [0.3, 0.4) is 0 Å². The van der Waals surface area contributed by atoms with Crippen LogP contribution in [0.1, 0.15) is 11.6 Å². The van der Waals surface area contributed by atoms with E-state index < -0.39 is 8.07 Å². The lowest BCUT2D eigenvalue weighted by Crippen LogP contribution is -2.43. The average molecular weight is 310 g/mol.